The van der Waals surface area contributed by atoms with E-state index >= 15 is 0 Å². The second kappa shape index (κ2) is 7.24. The highest BCUT2D eigenvalue weighted by Gasteiger charge is 2.06. The fraction of sp³-hybridized carbons (Fsp3) is 0.176. The standard InChI is InChI=1S/C17H16O4/c1-2-12-20-16(18)10-11-17(19)21-15-9-5-7-13-6-3-4-8-14(13)15/h3-11H,2,12H2,1H3/b11-10+. The van der Waals surface area contributed by atoms with Gasteiger partial charge in [0.15, 0.2) is 0 Å². The van der Waals surface area contributed by atoms with Crippen molar-refractivity contribution >= 4 is 22.7 Å². The Balaban J connectivity index is 2.05. The van der Waals surface area contributed by atoms with Crippen LogP contribution in [0.4, 0.5) is 0 Å². The van der Waals surface area contributed by atoms with Crippen molar-refractivity contribution in [2.24, 2.45) is 0 Å². The van der Waals surface area contributed by atoms with Gasteiger partial charge in [-0.25, -0.2) is 9.59 Å². The minimum atomic E-state index is -0.611. The maximum atomic E-state index is 11.7. The van der Waals surface area contributed by atoms with Gasteiger partial charge in [0.05, 0.1) is 6.61 Å². The fourth-order valence-corrected chi connectivity index (χ4v) is 1.81. The number of carbonyl (C=O) groups is 2. The van der Waals surface area contributed by atoms with Crippen LogP contribution in [0.25, 0.3) is 10.8 Å². The van der Waals surface area contributed by atoms with E-state index in [0.717, 1.165) is 29.3 Å². The molecular formula is C17H16O4. The van der Waals surface area contributed by atoms with Crippen molar-refractivity contribution in [2.75, 3.05) is 6.61 Å². The van der Waals surface area contributed by atoms with E-state index in [1.165, 1.54) is 0 Å². The molecule has 0 aliphatic rings. The lowest BCUT2D eigenvalue weighted by atomic mass is 10.1. The van der Waals surface area contributed by atoms with Crippen molar-refractivity contribution < 1.29 is 19.1 Å². The third kappa shape index (κ3) is 4.18. The Labute approximate surface area is 123 Å². The molecule has 0 amide bonds. The summed E-state index contributed by atoms with van der Waals surface area (Å²) in [5.41, 5.74) is 0. The number of hydrogen-bond acceptors (Lipinski definition) is 4. The van der Waals surface area contributed by atoms with Crippen LogP contribution in [0.5, 0.6) is 5.75 Å². The van der Waals surface area contributed by atoms with Gasteiger partial charge in [0, 0.05) is 17.5 Å². The minimum absolute atomic E-state index is 0.335. The predicted molar refractivity (Wildman–Crippen MR) is 80.0 cm³/mol. The van der Waals surface area contributed by atoms with Crippen LogP contribution in [0.3, 0.4) is 0 Å². The minimum Gasteiger partial charge on any atom is -0.463 e. The molecule has 0 aliphatic heterocycles. The van der Waals surface area contributed by atoms with Crippen molar-refractivity contribution in [2.45, 2.75) is 13.3 Å². The SMILES string of the molecule is CCCOC(=O)/C=C/C(=O)Oc1cccc2ccccc12. The van der Waals surface area contributed by atoms with Crippen LogP contribution in [0, 0.1) is 0 Å². The van der Waals surface area contributed by atoms with Gasteiger partial charge in [-0.1, -0.05) is 43.3 Å². The molecule has 21 heavy (non-hydrogen) atoms. The maximum absolute atomic E-state index is 11.7. The quantitative estimate of drug-likeness (QED) is 0.480. The molecule has 0 heterocycles. The molecular weight excluding hydrogens is 268 g/mol. The smallest absolute Gasteiger partial charge is 0.336 e. The molecule has 0 aromatic heterocycles. The van der Waals surface area contributed by atoms with E-state index in [-0.39, 0.29) is 0 Å². The van der Waals surface area contributed by atoms with E-state index in [0.29, 0.717) is 12.4 Å². The first-order chi connectivity index (χ1) is 10.2. The van der Waals surface area contributed by atoms with Crippen molar-refractivity contribution in [3.8, 4) is 5.75 Å². The van der Waals surface area contributed by atoms with Crippen LogP contribution in [0.2, 0.25) is 0 Å². The van der Waals surface area contributed by atoms with E-state index in [1.54, 1.807) is 6.07 Å². The molecule has 0 spiro atoms. The summed E-state index contributed by atoms with van der Waals surface area (Å²) in [6.07, 6.45) is 2.88. The van der Waals surface area contributed by atoms with E-state index in [9.17, 15) is 9.59 Å². The molecule has 0 fully saturated rings. The molecule has 0 saturated heterocycles. The summed E-state index contributed by atoms with van der Waals surface area (Å²) in [7, 11) is 0. The number of benzene rings is 2. The molecule has 0 radical (unpaired) electrons. The number of esters is 2. The van der Waals surface area contributed by atoms with Crippen LogP contribution in [0.15, 0.2) is 54.6 Å². The average Bonchev–Trinajstić information content (AvgIpc) is 2.51. The van der Waals surface area contributed by atoms with E-state index in [1.807, 2.05) is 43.3 Å². The number of hydrogen-bond donors (Lipinski definition) is 0. The lowest BCUT2D eigenvalue weighted by Gasteiger charge is -2.05. The van der Waals surface area contributed by atoms with Crippen molar-refractivity contribution in [3.63, 3.8) is 0 Å². The summed E-state index contributed by atoms with van der Waals surface area (Å²) in [6, 6.07) is 13.1. The van der Waals surface area contributed by atoms with Gasteiger partial charge in [-0.2, -0.15) is 0 Å². The lowest BCUT2D eigenvalue weighted by molar-refractivity contribution is -0.138. The van der Waals surface area contributed by atoms with Crippen LogP contribution in [0.1, 0.15) is 13.3 Å². The van der Waals surface area contributed by atoms with E-state index in [2.05, 4.69) is 0 Å². The third-order valence-electron chi connectivity index (χ3n) is 2.76. The van der Waals surface area contributed by atoms with Gasteiger partial charge in [-0.05, 0) is 17.9 Å². The second-order valence-electron chi connectivity index (χ2n) is 4.40. The zero-order chi connectivity index (χ0) is 15.1. The zero-order valence-corrected chi connectivity index (χ0v) is 11.7. The number of rotatable bonds is 5. The topological polar surface area (TPSA) is 52.6 Å². The summed E-state index contributed by atoms with van der Waals surface area (Å²) in [6.45, 7) is 2.23. The Morgan fingerprint density at radius 3 is 2.52 bits per heavy atom. The van der Waals surface area contributed by atoms with Gasteiger partial charge in [0.25, 0.3) is 0 Å². The van der Waals surface area contributed by atoms with E-state index in [4.69, 9.17) is 9.47 Å². The van der Waals surface area contributed by atoms with Crippen LogP contribution in [-0.2, 0) is 14.3 Å². The summed E-state index contributed by atoms with van der Waals surface area (Å²) in [4.78, 5) is 23.0. The van der Waals surface area contributed by atoms with Crippen LogP contribution in [-0.4, -0.2) is 18.5 Å². The highest BCUT2D eigenvalue weighted by Crippen LogP contribution is 2.25. The molecule has 4 nitrogen and oxygen atoms in total. The molecule has 0 bridgehead atoms. The lowest BCUT2D eigenvalue weighted by Crippen LogP contribution is -2.07. The molecule has 0 aliphatic carbocycles. The number of ether oxygens (including phenoxy) is 2. The van der Waals surface area contributed by atoms with Crippen molar-refractivity contribution in [3.05, 3.63) is 54.6 Å². The highest BCUT2D eigenvalue weighted by atomic mass is 16.5. The van der Waals surface area contributed by atoms with E-state index < -0.39 is 11.9 Å². The molecule has 0 saturated carbocycles. The Morgan fingerprint density at radius 2 is 1.71 bits per heavy atom. The maximum Gasteiger partial charge on any atom is 0.336 e. The monoisotopic (exact) mass is 284 g/mol. The average molecular weight is 284 g/mol. The molecule has 108 valence electrons. The zero-order valence-electron chi connectivity index (χ0n) is 11.7. The second-order valence-corrected chi connectivity index (χ2v) is 4.40. The Kier molecular flexibility index (Phi) is 5.10. The molecule has 0 N–H and O–H groups in total. The third-order valence-corrected chi connectivity index (χ3v) is 2.76. The van der Waals surface area contributed by atoms with Gasteiger partial charge in [0.1, 0.15) is 5.75 Å². The normalized spacial score (nSPS) is 10.7. The fourth-order valence-electron chi connectivity index (χ4n) is 1.81. The van der Waals surface area contributed by atoms with Crippen molar-refractivity contribution in [1.29, 1.82) is 0 Å². The Bertz CT molecular complexity index is 668. The summed E-state index contributed by atoms with van der Waals surface area (Å²) < 4.78 is 10.1. The summed E-state index contributed by atoms with van der Waals surface area (Å²) in [5, 5.41) is 1.82. The molecule has 2 aromatic rings. The Morgan fingerprint density at radius 1 is 1.00 bits per heavy atom. The molecule has 2 rings (SSSR count). The number of fused-ring (bicyclic) bond motifs is 1. The van der Waals surface area contributed by atoms with Crippen LogP contribution >= 0.6 is 0 Å². The number of carbonyl (C=O) groups excluding carboxylic acids is 2. The van der Waals surface area contributed by atoms with Crippen LogP contribution < -0.4 is 4.74 Å². The van der Waals surface area contributed by atoms with Gasteiger partial charge >= 0.3 is 11.9 Å². The van der Waals surface area contributed by atoms with Gasteiger partial charge < -0.3 is 9.47 Å². The largest absolute Gasteiger partial charge is 0.463 e. The first-order valence-corrected chi connectivity index (χ1v) is 6.75. The van der Waals surface area contributed by atoms with Gasteiger partial charge in [-0.3, -0.25) is 0 Å². The predicted octanol–water partition coefficient (Wildman–Crippen LogP) is 3.25. The highest BCUT2D eigenvalue weighted by molar-refractivity contribution is 5.95. The van der Waals surface area contributed by atoms with Gasteiger partial charge in [-0.15, -0.1) is 0 Å². The first-order valence-electron chi connectivity index (χ1n) is 6.75. The molecule has 2 aromatic carbocycles. The summed E-state index contributed by atoms with van der Waals surface area (Å²) in [5.74, 6) is -0.698. The Hall–Kier alpha value is -2.62. The molecule has 0 atom stereocenters. The first kappa shape index (κ1) is 14.8. The molecule has 4 heteroatoms. The molecule has 0 unspecified atom stereocenters. The van der Waals surface area contributed by atoms with Gasteiger partial charge in [0.2, 0.25) is 0 Å². The van der Waals surface area contributed by atoms with Crippen molar-refractivity contribution in [1.82, 2.24) is 0 Å². The summed E-state index contributed by atoms with van der Waals surface area (Å²) >= 11 is 0.